The van der Waals surface area contributed by atoms with Crippen LogP contribution in [0.2, 0.25) is 10.2 Å². The second-order valence-electron chi connectivity index (χ2n) is 6.97. The number of carbonyl (C=O) groups excluding carboxylic acids is 1. The second-order valence-corrected chi connectivity index (χ2v) is 7.74. The fourth-order valence-electron chi connectivity index (χ4n) is 3.27. The van der Waals surface area contributed by atoms with Gasteiger partial charge in [-0.05, 0) is 42.8 Å². The van der Waals surface area contributed by atoms with Crippen molar-refractivity contribution in [2.75, 3.05) is 5.32 Å². The van der Waals surface area contributed by atoms with Gasteiger partial charge in [0.2, 0.25) is 0 Å². The topological polar surface area (TPSA) is 97.1 Å². The summed E-state index contributed by atoms with van der Waals surface area (Å²) >= 11 is 11.7. The highest BCUT2D eigenvalue weighted by atomic mass is 35.5. The van der Waals surface area contributed by atoms with Crippen LogP contribution in [-0.4, -0.2) is 25.5 Å². The van der Waals surface area contributed by atoms with Gasteiger partial charge >= 0.3 is 0 Å². The van der Waals surface area contributed by atoms with Crippen molar-refractivity contribution in [3.8, 4) is 5.75 Å². The van der Waals surface area contributed by atoms with Gasteiger partial charge in [0.05, 0.1) is 34.0 Å². The number of nitrogens with one attached hydrogen (secondary N) is 1. The van der Waals surface area contributed by atoms with Gasteiger partial charge in [-0.1, -0.05) is 41.4 Å². The van der Waals surface area contributed by atoms with Crippen LogP contribution in [0.5, 0.6) is 5.75 Å². The predicted octanol–water partition coefficient (Wildman–Crippen LogP) is 4.80. The number of halogens is 3. The molecule has 0 saturated carbocycles. The molecular formula is C22H15Cl2FN4O3. The molecule has 0 saturated heterocycles. The standard InChI is InChI=1S/C22H15Cl2FN4O3/c1-11(12-4-2-5-13(25)8-12)29-10-26-15-6-3-7-16(18(15)22(29)32)28-21(31)17-9-14(23)19(30)20(24)27-17/h2-11,30H,1H3,(H,28,31)/t11-/m0/s1. The van der Waals surface area contributed by atoms with Crippen molar-refractivity contribution < 1.29 is 14.3 Å². The molecule has 2 N–H and O–H groups in total. The van der Waals surface area contributed by atoms with E-state index in [1.54, 1.807) is 37.3 Å². The van der Waals surface area contributed by atoms with Crippen molar-refractivity contribution in [2.45, 2.75) is 13.0 Å². The third-order valence-corrected chi connectivity index (χ3v) is 5.50. The lowest BCUT2D eigenvalue weighted by atomic mass is 10.1. The number of benzene rings is 2. The smallest absolute Gasteiger partial charge is 0.274 e. The number of aromatic hydroxyl groups is 1. The number of carbonyl (C=O) groups is 1. The summed E-state index contributed by atoms with van der Waals surface area (Å²) in [4.78, 5) is 34.2. The Morgan fingerprint density at radius 1 is 1.19 bits per heavy atom. The van der Waals surface area contributed by atoms with Crippen LogP contribution in [-0.2, 0) is 0 Å². The number of pyridine rings is 1. The Morgan fingerprint density at radius 2 is 1.94 bits per heavy atom. The fraction of sp³-hybridized carbons (Fsp3) is 0.0909. The SMILES string of the molecule is C[C@@H](c1cccc(F)c1)n1cnc2cccc(NC(=O)c3cc(Cl)c(O)c(Cl)n3)c2c1=O. The number of hydrogen-bond acceptors (Lipinski definition) is 5. The number of fused-ring (bicyclic) bond motifs is 1. The van der Waals surface area contributed by atoms with Crippen LogP contribution < -0.4 is 10.9 Å². The Kier molecular flexibility index (Phi) is 5.82. The summed E-state index contributed by atoms with van der Waals surface area (Å²) in [5.41, 5.74) is 0.593. The van der Waals surface area contributed by atoms with E-state index < -0.39 is 29.1 Å². The molecule has 32 heavy (non-hydrogen) atoms. The number of rotatable bonds is 4. The Labute approximate surface area is 191 Å². The quantitative estimate of drug-likeness (QED) is 0.415. The highest BCUT2D eigenvalue weighted by molar-refractivity contribution is 6.36. The Hall–Kier alpha value is -3.49. The zero-order valence-electron chi connectivity index (χ0n) is 16.5. The van der Waals surface area contributed by atoms with E-state index in [2.05, 4.69) is 15.3 Å². The largest absolute Gasteiger partial charge is 0.504 e. The van der Waals surface area contributed by atoms with Crippen LogP contribution in [0.1, 0.15) is 29.0 Å². The summed E-state index contributed by atoms with van der Waals surface area (Å²) in [6.45, 7) is 1.75. The monoisotopic (exact) mass is 472 g/mol. The van der Waals surface area contributed by atoms with Gasteiger partial charge in [-0.15, -0.1) is 0 Å². The molecule has 162 valence electrons. The maximum absolute atomic E-state index is 13.7. The van der Waals surface area contributed by atoms with E-state index in [-0.39, 0.29) is 26.9 Å². The van der Waals surface area contributed by atoms with Crippen LogP contribution >= 0.6 is 23.2 Å². The van der Waals surface area contributed by atoms with E-state index in [1.807, 2.05) is 0 Å². The molecule has 1 amide bonds. The van der Waals surface area contributed by atoms with Gasteiger partial charge in [-0.2, -0.15) is 0 Å². The zero-order valence-corrected chi connectivity index (χ0v) is 18.0. The summed E-state index contributed by atoms with van der Waals surface area (Å²) < 4.78 is 15.0. The van der Waals surface area contributed by atoms with Crippen LogP contribution in [0, 0.1) is 5.82 Å². The van der Waals surface area contributed by atoms with Crippen molar-refractivity contribution in [3.05, 3.63) is 92.5 Å². The van der Waals surface area contributed by atoms with E-state index in [1.165, 1.54) is 23.0 Å². The zero-order chi connectivity index (χ0) is 23.0. The fourth-order valence-corrected chi connectivity index (χ4v) is 3.70. The van der Waals surface area contributed by atoms with Crippen LogP contribution in [0.25, 0.3) is 10.9 Å². The van der Waals surface area contributed by atoms with E-state index in [0.29, 0.717) is 11.1 Å². The van der Waals surface area contributed by atoms with Gasteiger partial charge in [0.25, 0.3) is 11.5 Å². The minimum absolute atomic E-state index is 0.138. The molecule has 0 aliphatic rings. The highest BCUT2D eigenvalue weighted by Crippen LogP contribution is 2.30. The number of anilines is 1. The van der Waals surface area contributed by atoms with Crippen molar-refractivity contribution in [3.63, 3.8) is 0 Å². The van der Waals surface area contributed by atoms with Gasteiger partial charge in [-0.3, -0.25) is 14.2 Å². The molecule has 4 rings (SSSR count). The molecule has 4 aromatic rings. The Bertz CT molecular complexity index is 1400. The minimum Gasteiger partial charge on any atom is -0.504 e. The van der Waals surface area contributed by atoms with Gasteiger partial charge in [0, 0.05) is 0 Å². The molecule has 1 atom stereocenters. The van der Waals surface area contributed by atoms with Crippen molar-refractivity contribution >= 4 is 45.7 Å². The first-order valence-corrected chi connectivity index (χ1v) is 10.1. The number of aromatic nitrogens is 3. The van der Waals surface area contributed by atoms with Gasteiger partial charge in [-0.25, -0.2) is 14.4 Å². The van der Waals surface area contributed by atoms with Crippen molar-refractivity contribution in [1.82, 2.24) is 14.5 Å². The van der Waals surface area contributed by atoms with Crippen LogP contribution in [0.15, 0.2) is 59.7 Å². The van der Waals surface area contributed by atoms with Gasteiger partial charge in [0.1, 0.15) is 11.5 Å². The third kappa shape index (κ3) is 4.02. The molecule has 0 aliphatic carbocycles. The molecule has 0 unspecified atom stereocenters. The lowest BCUT2D eigenvalue weighted by molar-refractivity contribution is 0.102. The van der Waals surface area contributed by atoms with Gasteiger partial charge in [0.15, 0.2) is 10.9 Å². The normalized spacial score (nSPS) is 12.0. The number of amides is 1. The Balaban J connectivity index is 1.77. The molecule has 0 bridgehead atoms. The molecule has 2 aromatic carbocycles. The van der Waals surface area contributed by atoms with E-state index in [0.717, 1.165) is 6.07 Å². The first-order chi connectivity index (χ1) is 15.3. The molecule has 2 heterocycles. The summed E-state index contributed by atoms with van der Waals surface area (Å²) in [7, 11) is 0. The van der Waals surface area contributed by atoms with Crippen LogP contribution in [0.4, 0.5) is 10.1 Å². The molecule has 0 spiro atoms. The summed E-state index contributed by atoms with van der Waals surface area (Å²) in [5.74, 6) is -1.54. The van der Waals surface area contributed by atoms with E-state index in [4.69, 9.17) is 23.2 Å². The summed E-state index contributed by atoms with van der Waals surface area (Å²) in [6.07, 6.45) is 1.38. The Morgan fingerprint density at radius 3 is 2.66 bits per heavy atom. The first-order valence-electron chi connectivity index (χ1n) is 9.38. The number of nitrogens with zero attached hydrogens (tertiary/aromatic N) is 3. The third-order valence-electron chi connectivity index (χ3n) is 4.94. The van der Waals surface area contributed by atoms with Gasteiger partial charge < -0.3 is 10.4 Å². The molecular weight excluding hydrogens is 458 g/mol. The van der Waals surface area contributed by atoms with Crippen LogP contribution in [0.3, 0.4) is 0 Å². The first kappa shape index (κ1) is 21.7. The summed E-state index contributed by atoms with van der Waals surface area (Å²) in [5, 5.41) is 12.0. The molecule has 0 radical (unpaired) electrons. The second kappa shape index (κ2) is 8.57. The summed E-state index contributed by atoms with van der Waals surface area (Å²) in [6, 6.07) is 11.4. The van der Waals surface area contributed by atoms with Crippen molar-refractivity contribution in [1.29, 1.82) is 0 Å². The average molecular weight is 473 g/mol. The molecule has 0 aliphatic heterocycles. The molecule has 2 aromatic heterocycles. The molecule has 0 fully saturated rings. The maximum atomic E-state index is 13.7. The lowest BCUT2D eigenvalue weighted by Gasteiger charge is -2.17. The highest BCUT2D eigenvalue weighted by Gasteiger charge is 2.18. The van der Waals surface area contributed by atoms with Crippen molar-refractivity contribution in [2.24, 2.45) is 0 Å². The average Bonchev–Trinajstić information content (AvgIpc) is 2.77. The molecule has 10 heteroatoms. The maximum Gasteiger partial charge on any atom is 0.274 e. The predicted molar refractivity (Wildman–Crippen MR) is 120 cm³/mol. The molecule has 7 nitrogen and oxygen atoms in total. The van der Waals surface area contributed by atoms with E-state index in [9.17, 15) is 19.1 Å². The number of hydrogen-bond donors (Lipinski definition) is 2. The van der Waals surface area contributed by atoms with E-state index >= 15 is 0 Å². The minimum atomic E-state index is -0.686. The lowest BCUT2D eigenvalue weighted by Crippen LogP contribution is -2.26.